The lowest BCUT2D eigenvalue weighted by atomic mass is 9.93. The third-order valence-electron chi connectivity index (χ3n) is 2.49. The summed E-state index contributed by atoms with van der Waals surface area (Å²) in [6.07, 6.45) is 4.85. The number of hydrogen-bond acceptors (Lipinski definition) is 5. The number of amides is 1. The van der Waals surface area contributed by atoms with Crippen LogP contribution in [0.15, 0.2) is 18.6 Å². The summed E-state index contributed by atoms with van der Waals surface area (Å²) in [4.78, 5) is 25.5. The van der Waals surface area contributed by atoms with E-state index in [1.807, 2.05) is 6.92 Å². The molecule has 6 heteroatoms. The molecule has 5 nitrogen and oxygen atoms in total. The number of nitrogens with one attached hydrogen (secondary N) is 1. The van der Waals surface area contributed by atoms with Gasteiger partial charge in [-0.05, 0) is 6.92 Å². The quantitative estimate of drug-likeness (QED) is 0.915. The van der Waals surface area contributed by atoms with Crippen molar-refractivity contribution in [3.63, 3.8) is 0 Å². The van der Waals surface area contributed by atoms with Crippen molar-refractivity contribution in [1.29, 1.82) is 0 Å². The Labute approximate surface area is 116 Å². The number of carbonyl (C=O) groups excluding carboxylic acids is 1. The van der Waals surface area contributed by atoms with Gasteiger partial charge in [-0.25, -0.2) is 9.97 Å². The number of aromatic nitrogens is 3. The molecule has 0 fully saturated rings. The molecule has 1 N–H and O–H groups in total. The van der Waals surface area contributed by atoms with Gasteiger partial charge in [0.05, 0.1) is 11.9 Å². The van der Waals surface area contributed by atoms with E-state index in [1.165, 1.54) is 17.5 Å². The molecule has 0 aromatic carbocycles. The Morgan fingerprint density at radius 2 is 1.89 bits per heavy atom. The molecule has 19 heavy (non-hydrogen) atoms. The van der Waals surface area contributed by atoms with E-state index in [-0.39, 0.29) is 11.3 Å². The Bertz CT molecular complexity index is 583. The van der Waals surface area contributed by atoms with Crippen LogP contribution in [0.5, 0.6) is 0 Å². The van der Waals surface area contributed by atoms with Crippen molar-refractivity contribution in [1.82, 2.24) is 15.0 Å². The third kappa shape index (κ3) is 3.35. The van der Waals surface area contributed by atoms with Crippen LogP contribution in [-0.2, 0) is 5.41 Å². The monoisotopic (exact) mass is 276 g/mol. The lowest BCUT2D eigenvalue weighted by Gasteiger charge is -2.16. The van der Waals surface area contributed by atoms with E-state index < -0.39 is 0 Å². The lowest BCUT2D eigenvalue weighted by Crippen LogP contribution is -2.18. The van der Waals surface area contributed by atoms with Crippen molar-refractivity contribution < 1.29 is 4.79 Å². The first-order chi connectivity index (χ1) is 8.86. The fourth-order valence-electron chi connectivity index (χ4n) is 1.41. The SMILES string of the molecule is Cc1cnc(NC(=O)c2cnc(C(C)(C)C)cn2)s1. The summed E-state index contributed by atoms with van der Waals surface area (Å²) in [5.41, 5.74) is 1.07. The van der Waals surface area contributed by atoms with Crippen LogP contribution in [0.1, 0.15) is 41.8 Å². The average molecular weight is 276 g/mol. The first kappa shape index (κ1) is 13.6. The van der Waals surface area contributed by atoms with E-state index >= 15 is 0 Å². The Morgan fingerprint density at radius 3 is 2.37 bits per heavy atom. The second-order valence-electron chi connectivity index (χ2n) is 5.27. The number of carbonyl (C=O) groups is 1. The van der Waals surface area contributed by atoms with Crippen molar-refractivity contribution in [3.05, 3.63) is 34.9 Å². The van der Waals surface area contributed by atoms with Crippen LogP contribution < -0.4 is 5.32 Å². The summed E-state index contributed by atoms with van der Waals surface area (Å²) in [7, 11) is 0. The summed E-state index contributed by atoms with van der Waals surface area (Å²) in [6, 6.07) is 0. The Kier molecular flexibility index (Phi) is 3.61. The highest BCUT2D eigenvalue weighted by Gasteiger charge is 2.17. The fraction of sp³-hybridized carbons (Fsp3) is 0.385. The number of anilines is 1. The maximum Gasteiger partial charge on any atom is 0.277 e. The molecule has 0 radical (unpaired) electrons. The minimum Gasteiger partial charge on any atom is -0.296 e. The van der Waals surface area contributed by atoms with Crippen LogP contribution in [0.25, 0.3) is 0 Å². The summed E-state index contributed by atoms with van der Waals surface area (Å²) in [6.45, 7) is 8.09. The first-order valence-electron chi connectivity index (χ1n) is 5.92. The smallest absolute Gasteiger partial charge is 0.277 e. The zero-order valence-corrected chi connectivity index (χ0v) is 12.2. The maximum absolute atomic E-state index is 11.9. The minimum atomic E-state index is -0.290. The number of thiazole rings is 1. The van der Waals surface area contributed by atoms with Gasteiger partial charge in [-0.15, -0.1) is 11.3 Å². The van der Waals surface area contributed by atoms with Crippen LogP contribution in [0.4, 0.5) is 5.13 Å². The molecule has 0 unspecified atom stereocenters. The fourth-order valence-corrected chi connectivity index (χ4v) is 2.07. The second-order valence-corrected chi connectivity index (χ2v) is 6.50. The van der Waals surface area contributed by atoms with Gasteiger partial charge >= 0.3 is 0 Å². The van der Waals surface area contributed by atoms with Crippen molar-refractivity contribution >= 4 is 22.4 Å². The zero-order valence-electron chi connectivity index (χ0n) is 11.4. The molecule has 0 spiro atoms. The minimum absolute atomic E-state index is 0.0750. The molecule has 0 atom stereocenters. The largest absolute Gasteiger partial charge is 0.296 e. The molecule has 0 bridgehead atoms. The molecule has 0 saturated heterocycles. The summed E-state index contributed by atoms with van der Waals surface area (Å²) in [5.74, 6) is -0.290. The van der Waals surface area contributed by atoms with Gasteiger partial charge in [-0.2, -0.15) is 0 Å². The van der Waals surface area contributed by atoms with E-state index in [2.05, 4.69) is 41.0 Å². The summed E-state index contributed by atoms with van der Waals surface area (Å²) in [5, 5.41) is 3.28. The van der Waals surface area contributed by atoms with Crippen LogP contribution in [0.3, 0.4) is 0 Å². The first-order valence-corrected chi connectivity index (χ1v) is 6.74. The maximum atomic E-state index is 11.9. The molecule has 0 aliphatic carbocycles. The predicted octanol–water partition coefficient (Wildman–Crippen LogP) is 2.79. The van der Waals surface area contributed by atoms with E-state index in [1.54, 1.807) is 12.4 Å². The topological polar surface area (TPSA) is 67.8 Å². The van der Waals surface area contributed by atoms with Crippen LogP contribution in [0.2, 0.25) is 0 Å². The Hall–Kier alpha value is -1.82. The van der Waals surface area contributed by atoms with Crippen molar-refractivity contribution in [2.75, 3.05) is 5.32 Å². The predicted molar refractivity (Wildman–Crippen MR) is 75.5 cm³/mol. The van der Waals surface area contributed by atoms with Crippen molar-refractivity contribution in [2.24, 2.45) is 0 Å². The molecule has 1 amide bonds. The van der Waals surface area contributed by atoms with Gasteiger partial charge in [-0.3, -0.25) is 15.1 Å². The highest BCUT2D eigenvalue weighted by molar-refractivity contribution is 7.15. The van der Waals surface area contributed by atoms with Gasteiger partial charge in [-0.1, -0.05) is 20.8 Å². The van der Waals surface area contributed by atoms with Gasteiger partial charge in [0.15, 0.2) is 5.13 Å². The normalized spacial score (nSPS) is 11.4. The standard InChI is InChI=1S/C13H16N4OS/c1-8-5-16-12(19-8)17-11(18)9-6-15-10(7-14-9)13(2,3)4/h5-7H,1-4H3,(H,16,17,18). The Morgan fingerprint density at radius 1 is 1.16 bits per heavy atom. The van der Waals surface area contributed by atoms with E-state index in [9.17, 15) is 4.79 Å². The molecule has 0 aliphatic heterocycles. The van der Waals surface area contributed by atoms with Crippen LogP contribution in [-0.4, -0.2) is 20.9 Å². The lowest BCUT2D eigenvalue weighted by molar-refractivity contribution is 0.102. The zero-order chi connectivity index (χ0) is 14.0. The van der Waals surface area contributed by atoms with Gasteiger partial charge < -0.3 is 0 Å². The number of nitrogens with zero attached hydrogens (tertiary/aromatic N) is 3. The molecule has 0 aliphatic rings. The van der Waals surface area contributed by atoms with Crippen LogP contribution in [0, 0.1) is 6.92 Å². The highest BCUT2D eigenvalue weighted by atomic mass is 32.1. The summed E-state index contributed by atoms with van der Waals surface area (Å²) >= 11 is 1.43. The van der Waals surface area contributed by atoms with Gasteiger partial charge in [0, 0.05) is 22.7 Å². The molecule has 2 rings (SSSR count). The molecule has 2 aromatic heterocycles. The number of hydrogen-bond donors (Lipinski definition) is 1. The van der Waals surface area contributed by atoms with Crippen molar-refractivity contribution in [3.8, 4) is 0 Å². The second kappa shape index (κ2) is 5.05. The molecule has 0 saturated carbocycles. The molecule has 2 aromatic rings. The van der Waals surface area contributed by atoms with Gasteiger partial charge in [0.25, 0.3) is 5.91 Å². The molecular formula is C13H16N4OS. The third-order valence-corrected chi connectivity index (χ3v) is 3.32. The van der Waals surface area contributed by atoms with Gasteiger partial charge in [0.1, 0.15) is 5.69 Å². The van der Waals surface area contributed by atoms with Crippen LogP contribution >= 0.6 is 11.3 Å². The molecule has 100 valence electrons. The number of rotatable bonds is 2. The van der Waals surface area contributed by atoms with E-state index in [4.69, 9.17) is 0 Å². The van der Waals surface area contributed by atoms with Gasteiger partial charge in [0.2, 0.25) is 0 Å². The molecule has 2 heterocycles. The molecular weight excluding hydrogens is 260 g/mol. The van der Waals surface area contributed by atoms with Crippen molar-refractivity contribution in [2.45, 2.75) is 33.1 Å². The highest BCUT2D eigenvalue weighted by Crippen LogP contribution is 2.19. The average Bonchev–Trinajstić information content (AvgIpc) is 2.74. The summed E-state index contributed by atoms with van der Waals surface area (Å²) < 4.78 is 0. The number of aryl methyl sites for hydroxylation is 1. The van der Waals surface area contributed by atoms with E-state index in [0.29, 0.717) is 10.8 Å². The van der Waals surface area contributed by atoms with E-state index in [0.717, 1.165) is 10.6 Å². The Balaban J connectivity index is 2.12.